The Bertz CT molecular complexity index is 592. The van der Waals surface area contributed by atoms with Crippen LogP contribution < -0.4 is 10.6 Å². The van der Waals surface area contributed by atoms with Crippen LogP contribution >= 0.6 is 15.9 Å². The molecule has 0 bridgehead atoms. The monoisotopic (exact) mass is 361 g/mol. The number of carbonyl (C=O) groups is 2. The lowest BCUT2D eigenvalue weighted by atomic mass is 10.2. The first kappa shape index (κ1) is 16.9. The van der Waals surface area contributed by atoms with Crippen LogP contribution in [-0.4, -0.2) is 39.8 Å². The number of aliphatic hydroxyl groups is 1. The lowest BCUT2D eigenvalue weighted by Crippen LogP contribution is -2.38. The molecule has 1 rings (SSSR count). The van der Waals surface area contributed by atoms with Gasteiger partial charge in [-0.15, -0.1) is 0 Å². The summed E-state index contributed by atoms with van der Waals surface area (Å²) >= 11 is 3.15. The molecule has 0 aliphatic carbocycles. The number of carboxylic acids is 1. The Balaban J connectivity index is 2.78. The minimum Gasteiger partial charge on any atom is -0.479 e. The van der Waals surface area contributed by atoms with E-state index in [0.717, 1.165) is 0 Å². The van der Waals surface area contributed by atoms with E-state index in [-0.39, 0.29) is 11.4 Å². The molecule has 9 nitrogen and oxygen atoms in total. The van der Waals surface area contributed by atoms with Crippen molar-refractivity contribution >= 4 is 39.3 Å². The van der Waals surface area contributed by atoms with Gasteiger partial charge < -0.3 is 20.8 Å². The third kappa shape index (κ3) is 4.68. The van der Waals surface area contributed by atoms with Gasteiger partial charge in [-0.3, -0.25) is 10.1 Å². The first-order chi connectivity index (χ1) is 9.72. The molecule has 10 heteroatoms. The molecule has 0 heterocycles. The fourth-order valence-corrected chi connectivity index (χ4v) is 1.95. The Labute approximate surface area is 127 Å². The number of amides is 2. The summed E-state index contributed by atoms with van der Waals surface area (Å²) in [5.74, 6) is -1.47. The van der Waals surface area contributed by atoms with Crippen molar-refractivity contribution in [1.29, 1.82) is 0 Å². The number of hydrogen-bond donors (Lipinski definition) is 4. The summed E-state index contributed by atoms with van der Waals surface area (Å²) in [6.45, 7) is 1.06. The van der Waals surface area contributed by atoms with E-state index in [9.17, 15) is 19.7 Å². The van der Waals surface area contributed by atoms with Gasteiger partial charge >= 0.3 is 12.0 Å². The number of nitrogens with zero attached hydrogens (tertiary/aromatic N) is 1. The van der Waals surface area contributed by atoms with Gasteiger partial charge in [0.25, 0.3) is 5.69 Å². The molecular formula is C11H12BrN3O6. The van der Waals surface area contributed by atoms with Gasteiger partial charge in [0.1, 0.15) is 0 Å². The summed E-state index contributed by atoms with van der Waals surface area (Å²) < 4.78 is 0.430. The number of rotatable bonds is 5. The second-order valence-corrected chi connectivity index (χ2v) is 4.92. The van der Waals surface area contributed by atoms with E-state index in [1.165, 1.54) is 12.1 Å². The van der Waals surface area contributed by atoms with Crippen LogP contribution in [0.3, 0.4) is 0 Å². The summed E-state index contributed by atoms with van der Waals surface area (Å²) in [6, 6.07) is 1.85. The van der Waals surface area contributed by atoms with Crippen LogP contribution in [0.15, 0.2) is 16.6 Å². The number of nitrogens with one attached hydrogen (secondary N) is 2. The number of carboxylic acid groups (broad SMARTS) is 1. The summed E-state index contributed by atoms with van der Waals surface area (Å²) in [4.78, 5) is 32.2. The first-order valence-corrected chi connectivity index (χ1v) is 6.42. The molecule has 0 saturated heterocycles. The maximum atomic E-state index is 11.5. The lowest BCUT2D eigenvalue weighted by molar-refractivity contribution is -0.385. The molecular weight excluding hydrogens is 350 g/mol. The number of hydrogen-bond acceptors (Lipinski definition) is 5. The molecule has 0 radical (unpaired) electrons. The van der Waals surface area contributed by atoms with Gasteiger partial charge in [0.2, 0.25) is 0 Å². The van der Waals surface area contributed by atoms with Crippen LogP contribution in [0.1, 0.15) is 5.56 Å². The van der Waals surface area contributed by atoms with Gasteiger partial charge in [0, 0.05) is 16.1 Å². The summed E-state index contributed by atoms with van der Waals surface area (Å²) in [5.41, 5.74) is 0.396. The van der Waals surface area contributed by atoms with Crippen molar-refractivity contribution in [2.45, 2.75) is 13.0 Å². The molecule has 2 amide bonds. The second-order valence-electron chi connectivity index (χ2n) is 4.06. The van der Waals surface area contributed by atoms with E-state index >= 15 is 0 Å². The molecule has 0 aliphatic rings. The first-order valence-electron chi connectivity index (χ1n) is 5.62. The molecule has 0 aromatic heterocycles. The number of nitro benzene ring substituents is 1. The zero-order chi connectivity index (χ0) is 16.2. The van der Waals surface area contributed by atoms with Crippen molar-refractivity contribution < 1.29 is 24.7 Å². The quantitative estimate of drug-likeness (QED) is 0.459. The molecule has 0 fully saturated rings. The van der Waals surface area contributed by atoms with Crippen molar-refractivity contribution in [3.63, 3.8) is 0 Å². The summed E-state index contributed by atoms with van der Waals surface area (Å²) in [5, 5.41) is 32.7. The normalized spacial score (nSPS) is 11.6. The largest absolute Gasteiger partial charge is 0.479 e. The minimum atomic E-state index is -1.73. The highest BCUT2D eigenvalue weighted by Crippen LogP contribution is 2.30. The molecule has 1 atom stereocenters. The highest BCUT2D eigenvalue weighted by atomic mass is 79.9. The van der Waals surface area contributed by atoms with E-state index in [2.05, 4.69) is 26.6 Å². The van der Waals surface area contributed by atoms with Crippen LogP contribution in [-0.2, 0) is 4.79 Å². The standard InChI is InChI=1S/C11H12BrN3O6/c1-5-2-6(12)7(3-8(5)15(20)21)14-11(19)13-4-9(16)10(17)18/h2-3,9,16H,4H2,1H3,(H,17,18)(H2,13,14,19)/t9-/m0/s1. The average Bonchev–Trinajstić information content (AvgIpc) is 2.38. The van der Waals surface area contributed by atoms with E-state index in [4.69, 9.17) is 10.2 Å². The smallest absolute Gasteiger partial charge is 0.334 e. The molecule has 0 spiro atoms. The van der Waals surface area contributed by atoms with Crippen molar-refractivity contribution in [2.75, 3.05) is 11.9 Å². The second kappa shape index (κ2) is 6.99. The van der Waals surface area contributed by atoms with Crippen molar-refractivity contribution in [1.82, 2.24) is 5.32 Å². The Morgan fingerprint density at radius 2 is 2.10 bits per heavy atom. The molecule has 0 saturated carbocycles. The van der Waals surface area contributed by atoms with E-state index < -0.39 is 29.6 Å². The number of benzene rings is 1. The van der Waals surface area contributed by atoms with Crippen LogP contribution in [0.4, 0.5) is 16.2 Å². The zero-order valence-electron chi connectivity index (χ0n) is 10.8. The number of aliphatic hydroxyl groups excluding tert-OH is 1. The Kier molecular flexibility index (Phi) is 5.61. The number of halogens is 1. The van der Waals surface area contributed by atoms with Crippen LogP contribution in [0, 0.1) is 17.0 Å². The minimum absolute atomic E-state index is 0.148. The van der Waals surface area contributed by atoms with Crippen LogP contribution in [0.2, 0.25) is 0 Å². The maximum Gasteiger partial charge on any atom is 0.334 e. The van der Waals surface area contributed by atoms with Crippen LogP contribution in [0.25, 0.3) is 0 Å². The fourth-order valence-electron chi connectivity index (χ4n) is 1.40. The van der Waals surface area contributed by atoms with Gasteiger partial charge in [-0.2, -0.15) is 0 Å². The van der Waals surface area contributed by atoms with E-state index in [0.29, 0.717) is 10.0 Å². The van der Waals surface area contributed by atoms with E-state index in [1.54, 1.807) is 6.92 Å². The third-order valence-electron chi connectivity index (χ3n) is 2.47. The van der Waals surface area contributed by atoms with Crippen molar-refractivity contribution in [3.8, 4) is 0 Å². The molecule has 21 heavy (non-hydrogen) atoms. The van der Waals surface area contributed by atoms with Crippen LogP contribution in [0.5, 0.6) is 0 Å². The number of aliphatic carboxylic acids is 1. The predicted octanol–water partition coefficient (Wildman–Crippen LogP) is 1.23. The van der Waals surface area contributed by atoms with E-state index in [1.807, 2.05) is 0 Å². The number of carbonyl (C=O) groups excluding carboxylic acids is 1. The van der Waals surface area contributed by atoms with Gasteiger partial charge in [0.05, 0.1) is 17.2 Å². The summed E-state index contributed by atoms with van der Waals surface area (Å²) in [7, 11) is 0. The van der Waals surface area contributed by atoms with Gasteiger partial charge in [-0.25, -0.2) is 9.59 Å². The number of urea groups is 1. The number of nitro groups is 1. The predicted molar refractivity (Wildman–Crippen MR) is 76.2 cm³/mol. The average molecular weight is 362 g/mol. The molecule has 1 aromatic rings. The maximum absolute atomic E-state index is 11.5. The van der Waals surface area contributed by atoms with Gasteiger partial charge in [-0.1, -0.05) is 0 Å². The topological polar surface area (TPSA) is 142 Å². The lowest BCUT2D eigenvalue weighted by Gasteiger charge is -2.11. The molecule has 4 N–H and O–H groups in total. The third-order valence-corrected chi connectivity index (χ3v) is 3.13. The molecule has 0 aliphatic heterocycles. The summed E-state index contributed by atoms with van der Waals surface area (Å²) in [6.07, 6.45) is -1.73. The van der Waals surface area contributed by atoms with Gasteiger partial charge in [-0.05, 0) is 28.9 Å². The number of anilines is 1. The van der Waals surface area contributed by atoms with Crippen molar-refractivity contribution in [2.24, 2.45) is 0 Å². The highest BCUT2D eigenvalue weighted by Gasteiger charge is 2.17. The Hall–Kier alpha value is -2.20. The van der Waals surface area contributed by atoms with Crippen molar-refractivity contribution in [3.05, 3.63) is 32.3 Å². The highest BCUT2D eigenvalue weighted by molar-refractivity contribution is 9.10. The molecule has 114 valence electrons. The molecule has 0 unspecified atom stereocenters. The Morgan fingerprint density at radius 3 is 2.62 bits per heavy atom. The zero-order valence-corrected chi connectivity index (χ0v) is 12.4. The Morgan fingerprint density at radius 1 is 1.48 bits per heavy atom. The fraction of sp³-hybridized carbons (Fsp3) is 0.273. The molecule has 1 aromatic carbocycles. The SMILES string of the molecule is Cc1cc(Br)c(NC(=O)NC[C@H](O)C(=O)O)cc1[N+](=O)[O-]. The van der Waals surface area contributed by atoms with Gasteiger partial charge in [0.15, 0.2) is 6.10 Å². The number of aryl methyl sites for hydroxylation is 1.